The summed E-state index contributed by atoms with van der Waals surface area (Å²) in [6.07, 6.45) is 3.34. The highest BCUT2D eigenvalue weighted by atomic mass is 16.2. The monoisotopic (exact) mass is 270 g/mol. The molecule has 1 aromatic carbocycles. The Morgan fingerprint density at radius 2 is 2.05 bits per heavy atom. The fraction of sp³-hybridized carbons (Fsp3) is 0.250. The van der Waals surface area contributed by atoms with Crippen LogP contribution in [0.2, 0.25) is 0 Å². The van der Waals surface area contributed by atoms with Gasteiger partial charge >= 0.3 is 0 Å². The highest BCUT2D eigenvalue weighted by Gasteiger charge is 2.12. The lowest BCUT2D eigenvalue weighted by atomic mass is 10.1. The van der Waals surface area contributed by atoms with Gasteiger partial charge in [0.2, 0.25) is 0 Å². The lowest BCUT2D eigenvalue weighted by Gasteiger charge is -2.10. The minimum atomic E-state index is -0.380. The molecular weight excluding hydrogens is 252 g/mol. The maximum Gasteiger partial charge on any atom is 0.261 e. The van der Waals surface area contributed by atoms with Gasteiger partial charge in [0, 0.05) is 23.6 Å². The molecule has 0 atom stereocenters. The summed E-state index contributed by atoms with van der Waals surface area (Å²) in [5.74, 6) is -0.380. The molecule has 0 radical (unpaired) electrons. The van der Waals surface area contributed by atoms with E-state index in [1.165, 1.54) is 12.3 Å². The van der Waals surface area contributed by atoms with Gasteiger partial charge in [0.15, 0.2) is 5.43 Å². The highest BCUT2D eigenvalue weighted by Crippen LogP contribution is 2.17. The standard InChI is InChI=1S/C16H18N2O2/c1-3-6-12-7-4-5-8-14(12)18-16(20)13-10-17-11(2)9-15(13)19/h4-5,7-10H,3,6H2,1-2H3,(H,17,19)(H,18,20). The topological polar surface area (TPSA) is 62.0 Å². The first-order valence-corrected chi connectivity index (χ1v) is 6.70. The molecule has 1 amide bonds. The number of rotatable bonds is 4. The van der Waals surface area contributed by atoms with Crippen molar-refractivity contribution in [3.05, 3.63) is 63.6 Å². The predicted octanol–water partition coefficient (Wildman–Crippen LogP) is 2.89. The average molecular weight is 270 g/mol. The largest absolute Gasteiger partial charge is 0.364 e. The van der Waals surface area contributed by atoms with Gasteiger partial charge in [-0.15, -0.1) is 0 Å². The number of hydrogen-bond donors (Lipinski definition) is 2. The van der Waals surface area contributed by atoms with Gasteiger partial charge in [0.05, 0.1) is 0 Å². The number of carbonyl (C=O) groups excluding carboxylic acids is 1. The summed E-state index contributed by atoms with van der Waals surface area (Å²) in [6.45, 7) is 3.86. The van der Waals surface area contributed by atoms with E-state index in [4.69, 9.17) is 0 Å². The molecule has 2 N–H and O–H groups in total. The molecule has 0 aliphatic heterocycles. The summed E-state index contributed by atoms with van der Waals surface area (Å²) in [4.78, 5) is 26.9. The van der Waals surface area contributed by atoms with Gasteiger partial charge in [0.25, 0.3) is 5.91 Å². The molecule has 1 heterocycles. The molecule has 2 rings (SSSR count). The van der Waals surface area contributed by atoms with Crippen molar-refractivity contribution in [3.8, 4) is 0 Å². The normalized spacial score (nSPS) is 10.3. The molecule has 0 bridgehead atoms. The van der Waals surface area contributed by atoms with Crippen molar-refractivity contribution < 1.29 is 4.79 Å². The number of aromatic nitrogens is 1. The van der Waals surface area contributed by atoms with Crippen LogP contribution in [0.25, 0.3) is 0 Å². The number of hydrogen-bond acceptors (Lipinski definition) is 2. The van der Waals surface area contributed by atoms with Crippen LogP contribution < -0.4 is 10.7 Å². The van der Waals surface area contributed by atoms with E-state index in [-0.39, 0.29) is 16.9 Å². The van der Waals surface area contributed by atoms with Gasteiger partial charge in [0.1, 0.15) is 5.56 Å². The van der Waals surface area contributed by atoms with Gasteiger partial charge in [-0.25, -0.2) is 0 Å². The molecule has 20 heavy (non-hydrogen) atoms. The van der Waals surface area contributed by atoms with Crippen LogP contribution in [0.15, 0.2) is 41.3 Å². The second-order valence-corrected chi connectivity index (χ2v) is 4.76. The minimum Gasteiger partial charge on any atom is -0.364 e. The van der Waals surface area contributed by atoms with Crippen molar-refractivity contribution in [1.29, 1.82) is 0 Å². The van der Waals surface area contributed by atoms with Crippen LogP contribution in [0.4, 0.5) is 5.69 Å². The number of H-pyrrole nitrogens is 1. The first-order valence-electron chi connectivity index (χ1n) is 6.70. The number of carbonyl (C=O) groups is 1. The van der Waals surface area contributed by atoms with Crippen molar-refractivity contribution in [2.45, 2.75) is 26.7 Å². The Morgan fingerprint density at radius 1 is 1.30 bits per heavy atom. The van der Waals surface area contributed by atoms with Crippen LogP contribution in [0.1, 0.15) is 35.0 Å². The highest BCUT2D eigenvalue weighted by molar-refractivity contribution is 6.04. The van der Waals surface area contributed by atoms with Crippen molar-refractivity contribution >= 4 is 11.6 Å². The number of pyridine rings is 1. The molecule has 0 saturated heterocycles. The molecule has 4 heteroatoms. The van der Waals surface area contributed by atoms with Crippen molar-refractivity contribution in [2.24, 2.45) is 0 Å². The van der Waals surface area contributed by atoms with Gasteiger partial charge in [-0.05, 0) is 25.0 Å². The number of nitrogens with one attached hydrogen (secondary N) is 2. The van der Waals surface area contributed by atoms with Crippen LogP contribution in [-0.4, -0.2) is 10.9 Å². The van der Waals surface area contributed by atoms with Crippen molar-refractivity contribution in [1.82, 2.24) is 4.98 Å². The third kappa shape index (κ3) is 3.15. The van der Waals surface area contributed by atoms with Crippen molar-refractivity contribution in [2.75, 3.05) is 5.32 Å². The second-order valence-electron chi connectivity index (χ2n) is 4.76. The Morgan fingerprint density at radius 3 is 2.75 bits per heavy atom. The van der Waals surface area contributed by atoms with E-state index in [0.717, 1.165) is 29.8 Å². The molecule has 4 nitrogen and oxygen atoms in total. The summed E-state index contributed by atoms with van der Waals surface area (Å²) in [5.41, 5.74) is 2.43. The van der Waals surface area contributed by atoms with Crippen LogP contribution >= 0.6 is 0 Å². The molecule has 2 aromatic rings. The molecular formula is C16H18N2O2. The molecule has 0 fully saturated rings. The molecule has 0 spiro atoms. The van der Waals surface area contributed by atoms with E-state index in [0.29, 0.717) is 0 Å². The fourth-order valence-electron chi connectivity index (χ4n) is 2.07. The smallest absolute Gasteiger partial charge is 0.261 e. The Hall–Kier alpha value is -2.36. The molecule has 0 aliphatic carbocycles. The van der Waals surface area contributed by atoms with E-state index in [1.807, 2.05) is 24.3 Å². The maximum absolute atomic E-state index is 12.2. The Kier molecular flexibility index (Phi) is 4.35. The average Bonchev–Trinajstić information content (AvgIpc) is 2.41. The van der Waals surface area contributed by atoms with Gasteiger partial charge < -0.3 is 10.3 Å². The van der Waals surface area contributed by atoms with E-state index < -0.39 is 0 Å². The molecule has 1 aromatic heterocycles. The maximum atomic E-state index is 12.2. The van der Waals surface area contributed by atoms with Gasteiger partial charge in [-0.2, -0.15) is 0 Å². The summed E-state index contributed by atoms with van der Waals surface area (Å²) in [7, 11) is 0. The first-order chi connectivity index (χ1) is 9.61. The Balaban J connectivity index is 2.26. The van der Waals surface area contributed by atoms with Crippen molar-refractivity contribution in [3.63, 3.8) is 0 Å². The number of aromatic amines is 1. The molecule has 104 valence electrons. The van der Waals surface area contributed by atoms with E-state index in [2.05, 4.69) is 17.2 Å². The molecule has 0 saturated carbocycles. The predicted molar refractivity (Wildman–Crippen MR) is 80.2 cm³/mol. The molecule has 0 unspecified atom stereocenters. The lowest BCUT2D eigenvalue weighted by molar-refractivity contribution is 0.102. The minimum absolute atomic E-state index is 0.127. The number of anilines is 1. The Bertz CT molecular complexity index is 674. The third-order valence-electron chi connectivity index (χ3n) is 3.09. The molecule has 0 aliphatic rings. The van der Waals surface area contributed by atoms with Gasteiger partial charge in [-0.1, -0.05) is 31.5 Å². The SMILES string of the molecule is CCCc1ccccc1NC(=O)c1c[nH]c(C)cc1=O. The summed E-state index contributed by atoms with van der Waals surface area (Å²) < 4.78 is 0. The number of para-hydroxylation sites is 1. The Labute approximate surface area is 117 Å². The van der Waals surface area contributed by atoms with E-state index in [1.54, 1.807) is 6.92 Å². The lowest BCUT2D eigenvalue weighted by Crippen LogP contribution is -2.22. The quantitative estimate of drug-likeness (QED) is 0.897. The zero-order valence-electron chi connectivity index (χ0n) is 11.7. The van der Waals surface area contributed by atoms with Crippen LogP contribution in [0, 0.1) is 6.92 Å². The fourth-order valence-corrected chi connectivity index (χ4v) is 2.07. The van der Waals surface area contributed by atoms with E-state index in [9.17, 15) is 9.59 Å². The number of benzene rings is 1. The second kappa shape index (κ2) is 6.19. The van der Waals surface area contributed by atoms with Crippen LogP contribution in [-0.2, 0) is 6.42 Å². The van der Waals surface area contributed by atoms with Crippen LogP contribution in [0.3, 0.4) is 0 Å². The zero-order valence-corrected chi connectivity index (χ0v) is 11.7. The zero-order chi connectivity index (χ0) is 14.5. The van der Waals surface area contributed by atoms with Gasteiger partial charge in [-0.3, -0.25) is 9.59 Å². The van der Waals surface area contributed by atoms with E-state index >= 15 is 0 Å². The van der Waals surface area contributed by atoms with Crippen LogP contribution in [0.5, 0.6) is 0 Å². The summed E-state index contributed by atoms with van der Waals surface area (Å²) in [5, 5.41) is 2.81. The number of aryl methyl sites for hydroxylation is 2. The summed E-state index contributed by atoms with van der Waals surface area (Å²) in [6, 6.07) is 9.07. The third-order valence-corrected chi connectivity index (χ3v) is 3.09. The number of amides is 1. The summed E-state index contributed by atoms with van der Waals surface area (Å²) >= 11 is 0. The first kappa shape index (κ1) is 14.1.